The van der Waals surface area contributed by atoms with Crippen molar-refractivity contribution in [1.82, 2.24) is 8.96 Å². The molecule has 3 heterocycles. The molecule has 2 aromatic heterocycles. The normalized spacial score (nSPS) is 20.6. The fraction of sp³-hybridized carbons (Fsp3) is 0.350. The lowest BCUT2D eigenvalue weighted by Crippen LogP contribution is -2.45. The van der Waals surface area contributed by atoms with Gasteiger partial charge in [0.05, 0.1) is 29.0 Å². The number of halogens is 1. The highest BCUT2D eigenvalue weighted by Crippen LogP contribution is 2.30. The van der Waals surface area contributed by atoms with E-state index in [0.717, 1.165) is 33.3 Å². The summed E-state index contributed by atoms with van der Waals surface area (Å²) < 4.78 is 34.2. The third-order valence-corrected chi connectivity index (χ3v) is 7.44. The van der Waals surface area contributed by atoms with Crippen molar-refractivity contribution in [3.63, 3.8) is 0 Å². The molecule has 0 bridgehead atoms. The van der Waals surface area contributed by atoms with Crippen LogP contribution >= 0.6 is 22.6 Å². The average Bonchev–Trinajstić information content (AvgIpc) is 2.98. The smallest absolute Gasteiger partial charge is 0.269 e. The van der Waals surface area contributed by atoms with Crippen LogP contribution in [0.5, 0.6) is 0 Å². The first-order valence-electron chi connectivity index (χ1n) is 9.15. The number of benzene rings is 1. The number of pyridine rings is 1. The van der Waals surface area contributed by atoms with Crippen LogP contribution in [0, 0.1) is 10.5 Å². The second kappa shape index (κ2) is 7.31. The number of ether oxygens (including phenoxy) is 1. The summed E-state index contributed by atoms with van der Waals surface area (Å²) in [4.78, 5) is 7.03. The van der Waals surface area contributed by atoms with Crippen molar-refractivity contribution in [1.29, 1.82) is 0 Å². The fourth-order valence-electron chi connectivity index (χ4n) is 3.60. The van der Waals surface area contributed by atoms with Gasteiger partial charge in [-0.05, 0) is 61.6 Å². The van der Waals surface area contributed by atoms with Gasteiger partial charge in [0.25, 0.3) is 10.0 Å². The predicted octanol–water partition coefficient (Wildman–Crippen LogP) is 3.80. The van der Waals surface area contributed by atoms with E-state index in [0.29, 0.717) is 5.65 Å². The highest BCUT2D eigenvalue weighted by molar-refractivity contribution is 14.1. The van der Waals surface area contributed by atoms with Crippen LogP contribution in [0.25, 0.3) is 11.0 Å². The van der Waals surface area contributed by atoms with Crippen LogP contribution in [0.2, 0.25) is 0 Å². The maximum absolute atomic E-state index is 13.1. The minimum absolute atomic E-state index is 0.144. The molecular weight excluding hydrogens is 489 g/mol. The number of hydrogen-bond donors (Lipinski definition) is 0. The van der Waals surface area contributed by atoms with Crippen molar-refractivity contribution < 1.29 is 13.2 Å². The van der Waals surface area contributed by atoms with Crippen molar-refractivity contribution in [3.05, 3.63) is 51.9 Å². The van der Waals surface area contributed by atoms with Gasteiger partial charge in [-0.3, -0.25) is 0 Å². The van der Waals surface area contributed by atoms with Gasteiger partial charge < -0.3 is 9.64 Å². The number of aromatic nitrogens is 2. The minimum atomic E-state index is -3.70. The van der Waals surface area contributed by atoms with E-state index in [9.17, 15) is 8.42 Å². The Kier molecular flexibility index (Phi) is 5.13. The highest BCUT2D eigenvalue weighted by atomic mass is 127. The minimum Gasteiger partial charge on any atom is -0.372 e. The fourth-order valence-corrected chi connectivity index (χ4v) is 5.79. The van der Waals surface area contributed by atoms with Gasteiger partial charge in [-0.1, -0.05) is 17.7 Å². The molecule has 0 radical (unpaired) electrons. The van der Waals surface area contributed by atoms with Crippen molar-refractivity contribution in [2.75, 3.05) is 18.0 Å². The summed E-state index contributed by atoms with van der Waals surface area (Å²) >= 11 is 2.17. The van der Waals surface area contributed by atoms with Gasteiger partial charge >= 0.3 is 0 Å². The second-order valence-corrected chi connectivity index (χ2v) is 10.3. The van der Waals surface area contributed by atoms with Crippen LogP contribution < -0.4 is 4.90 Å². The molecule has 148 valence electrons. The third kappa shape index (κ3) is 3.53. The van der Waals surface area contributed by atoms with E-state index in [4.69, 9.17) is 4.74 Å². The summed E-state index contributed by atoms with van der Waals surface area (Å²) in [5.74, 6) is 0. The number of rotatable bonds is 3. The maximum Gasteiger partial charge on any atom is 0.269 e. The van der Waals surface area contributed by atoms with Crippen molar-refractivity contribution in [2.24, 2.45) is 0 Å². The predicted molar refractivity (Wildman–Crippen MR) is 118 cm³/mol. The molecule has 2 unspecified atom stereocenters. The summed E-state index contributed by atoms with van der Waals surface area (Å²) in [5, 5.41) is 0.834. The van der Waals surface area contributed by atoms with Gasteiger partial charge in [0.1, 0.15) is 0 Å². The lowest BCUT2D eigenvalue weighted by molar-refractivity contribution is -0.00522. The van der Waals surface area contributed by atoms with Gasteiger partial charge in [0.15, 0.2) is 5.65 Å². The largest absolute Gasteiger partial charge is 0.372 e. The summed E-state index contributed by atoms with van der Waals surface area (Å²) in [6.45, 7) is 7.62. The lowest BCUT2D eigenvalue weighted by atomic mass is 10.2. The average molecular weight is 511 g/mol. The third-order valence-electron chi connectivity index (χ3n) is 4.91. The molecule has 0 saturated carbocycles. The first-order valence-corrected chi connectivity index (χ1v) is 11.7. The van der Waals surface area contributed by atoms with Gasteiger partial charge in [-0.15, -0.1) is 0 Å². The number of nitrogens with zero attached hydrogens (tertiary/aromatic N) is 3. The second-order valence-electron chi connectivity index (χ2n) is 7.32. The topological polar surface area (TPSA) is 64.4 Å². The number of fused-ring (bicyclic) bond motifs is 1. The number of aryl methyl sites for hydroxylation is 1. The summed E-state index contributed by atoms with van der Waals surface area (Å²) in [5.41, 5.74) is 2.45. The van der Waals surface area contributed by atoms with Gasteiger partial charge in [0, 0.05) is 28.2 Å². The lowest BCUT2D eigenvalue weighted by Gasteiger charge is -2.36. The van der Waals surface area contributed by atoms with Crippen LogP contribution in [0.3, 0.4) is 0 Å². The van der Waals surface area contributed by atoms with Crippen LogP contribution in [-0.4, -0.2) is 42.7 Å². The molecule has 0 aliphatic carbocycles. The van der Waals surface area contributed by atoms with E-state index in [1.165, 1.54) is 3.97 Å². The highest BCUT2D eigenvalue weighted by Gasteiger charge is 2.25. The van der Waals surface area contributed by atoms with E-state index in [1.54, 1.807) is 36.7 Å². The van der Waals surface area contributed by atoms with Crippen molar-refractivity contribution in [2.45, 2.75) is 37.9 Å². The van der Waals surface area contributed by atoms with Crippen molar-refractivity contribution >= 4 is 49.3 Å². The van der Waals surface area contributed by atoms with Crippen LogP contribution in [0.15, 0.2) is 47.6 Å². The molecule has 4 rings (SSSR count). The SMILES string of the molecule is Cc1ccc(S(=O)(=O)n2cc(I)c3cc(N4CC(C)OC(C)C4)cnc32)cc1. The molecule has 28 heavy (non-hydrogen) atoms. The van der Waals surface area contributed by atoms with E-state index in [2.05, 4.69) is 46.3 Å². The standard InChI is InChI=1S/C20H22IN3O3S/c1-13-4-6-17(7-5-13)28(25,26)24-12-19(21)18-8-16(9-22-20(18)24)23-10-14(2)27-15(3)11-23/h4-9,12,14-15H,10-11H2,1-3H3. The maximum atomic E-state index is 13.1. The van der Waals surface area contributed by atoms with Gasteiger partial charge in [-0.2, -0.15) is 0 Å². The zero-order chi connectivity index (χ0) is 20.1. The summed E-state index contributed by atoms with van der Waals surface area (Å²) in [6.07, 6.45) is 3.68. The van der Waals surface area contributed by atoms with E-state index in [1.807, 2.05) is 13.0 Å². The monoisotopic (exact) mass is 511 g/mol. The Balaban J connectivity index is 1.77. The molecule has 8 heteroatoms. The molecule has 1 fully saturated rings. The van der Waals surface area contributed by atoms with E-state index in [-0.39, 0.29) is 17.1 Å². The van der Waals surface area contributed by atoms with Crippen molar-refractivity contribution in [3.8, 4) is 0 Å². The van der Waals surface area contributed by atoms with Crippen LogP contribution in [-0.2, 0) is 14.8 Å². The van der Waals surface area contributed by atoms with Crippen LogP contribution in [0.4, 0.5) is 5.69 Å². The number of anilines is 1. The Hall–Kier alpha value is -1.65. The molecule has 6 nitrogen and oxygen atoms in total. The molecule has 1 aromatic carbocycles. The molecular formula is C20H22IN3O3S. The quantitative estimate of drug-likeness (QED) is 0.501. The number of hydrogen-bond acceptors (Lipinski definition) is 5. The summed E-state index contributed by atoms with van der Waals surface area (Å²) in [7, 11) is -3.70. The Labute approximate surface area is 178 Å². The molecule has 0 amide bonds. The molecule has 1 aliphatic heterocycles. The molecule has 3 aromatic rings. The molecule has 2 atom stereocenters. The van der Waals surface area contributed by atoms with Gasteiger partial charge in [0.2, 0.25) is 0 Å². The van der Waals surface area contributed by atoms with E-state index >= 15 is 0 Å². The molecule has 1 saturated heterocycles. The molecule has 0 spiro atoms. The Morgan fingerprint density at radius 1 is 1.14 bits per heavy atom. The first-order chi connectivity index (χ1) is 13.3. The van der Waals surface area contributed by atoms with E-state index < -0.39 is 10.0 Å². The zero-order valence-electron chi connectivity index (χ0n) is 16.0. The summed E-state index contributed by atoms with van der Waals surface area (Å²) in [6, 6.07) is 8.89. The first kappa shape index (κ1) is 19.7. The molecule has 1 aliphatic rings. The molecule has 0 N–H and O–H groups in total. The van der Waals surface area contributed by atoms with Gasteiger partial charge in [-0.25, -0.2) is 17.4 Å². The Morgan fingerprint density at radius 3 is 2.43 bits per heavy atom. The van der Waals surface area contributed by atoms with Crippen LogP contribution in [0.1, 0.15) is 19.4 Å². The number of morpholine rings is 1. The Bertz CT molecular complexity index is 1120. The zero-order valence-corrected chi connectivity index (χ0v) is 18.9. The Morgan fingerprint density at radius 2 is 1.79 bits per heavy atom.